The molecule has 0 aliphatic carbocycles. The Morgan fingerprint density at radius 3 is 2.67 bits per heavy atom. The van der Waals surface area contributed by atoms with Crippen molar-refractivity contribution in [3.05, 3.63) is 34.3 Å². The second-order valence-corrected chi connectivity index (χ2v) is 6.95. The fourth-order valence-electron chi connectivity index (χ4n) is 3.35. The van der Waals surface area contributed by atoms with E-state index >= 15 is 0 Å². The zero-order chi connectivity index (χ0) is 17.6. The molecule has 24 heavy (non-hydrogen) atoms. The number of hydrogen-bond acceptors (Lipinski definition) is 4. The summed E-state index contributed by atoms with van der Waals surface area (Å²) in [7, 11) is 1.73. The number of methoxy groups -OCH3 is 1. The van der Waals surface area contributed by atoms with Crippen molar-refractivity contribution in [2.24, 2.45) is 0 Å². The van der Waals surface area contributed by atoms with Crippen LogP contribution < -0.4 is 0 Å². The zero-order valence-electron chi connectivity index (χ0n) is 14.8. The molecule has 1 unspecified atom stereocenters. The molecule has 1 heterocycles. The highest BCUT2D eigenvalue weighted by molar-refractivity contribution is 6.30. The Kier molecular flexibility index (Phi) is 7.08. The van der Waals surface area contributed by atoms with Crippen LogP contribution in [0.25, 0.3) is 0 Å². The van der Waals surface area contributed by atoms with Gasteiger partial charge in [-0.1, -0.05) is 24.6 Å². The highest BCUT2D eigenvalue weighted by Gasteiger charge is 2.35. The summed E-state index contributed by atoms with van der Waals surface area (Å²) in [4.78, 5) is 11.8. The van der Waals surface area contributed by atoms with Gasteiger partial charge in [-0.15, -0.1) is 0 Å². The maximum Gasteiger partial charge on any atom is 0.306 e. The fraction of sp³-hybridized carbons (Fsp3) is 0.632. The highest BCUT2D eigenvalue weighted by atomic mass is 35.5. The van der Waals surface area contributed by atoms with Crippen molar-refractivity contribution in [2.45, 2.75) is 44.4 Å². The smallest absolute Gasteiger partial charge is 0.306 e. The molecule has 4 nitrogen and oxygen atoms in total. The molecule has 1 aromatic rings. The molecule has 0 radical (unpaired) electrons. The third-order valence-electron chi connectivity index (χ3n) is 4.75. The molecule has 0 aromatic heterocycles. The van der Waals surface area contributed by atoms with Crippen LogP contribution in [-0.2, 0) is 24.4 Å². The van der Waals surface area contributed by atoms with Crippen molar-refractivity contribution in [1.29, 1.82) is 0 Å². The minimum Gasteiger partial charge on any atom is -0.466 e. The van der Waals surface area contributed by atoms with Crippen LogP contribution in [0.3, 0.4) is 0 Å². The molecular weight excluding hydrogens is 328 g/mol. The Balaban J connectivity index is 2.27. The Hall–Kier alpha value is -1.10. The second kappa shape index (κ2) is 8.84. The van der Waals surface area contributed by atoms with Gasteiger partial charge < -0.3 is 14.2 Å². The van der Waals surface area contributed by atoms with E-state index in [9.17, 15) is 4.79 Å². The van der Waals surface area contributed by atoms with Crippen LogP contribution in [0.4, 0.5) is 0 Å². The summed E-state index contributed by atoms with van der Waals surface area (Å²) in [5.41, 5.74) is 2.16. The number of benzene rings is 1. The van der Waals surface area contributed by atoms with Gasteiger partial charge in [0.2, 0.25) is 0 Å². The van der Waals surface area contributed by atoms with Crippen molar-refractivity contribution < 1.29 is 19.0 Å². The molecule has 0 spiro atoms. The number of carbonyl (C=O) groups is 1. The van der Waals surface area contributed by atoms with E-state index in [1.54, 1.807) is 7.11 Å². The third kappa shape index (κ3) is 4.71. The van der Waals surface area contributed by atoms with Gasteiger partial charge in [-0.25, -0.2) is 0 Å². The van der Waals surface area contributed by atoms with Gasteiger partial charge in [0.25, 0.3) is 0 Å². The summed E-state index contributed by atoms with van der Waals surface area (Å²) in [6.07, 6.45) is 2.17. The number of hydrogen-bond donors (Lipinski definition) is 0. The largest absolute Gasteiger partial charge is 0.466 e. The van der Waals surface area contributed by atoms with E-state index in [-0.39, 0.29) is 17.3 Å². The number of rotatable bonds is 7. The molecule has 0 saturated carbocycles. The van der Waals surface area contributed by atoms with E-state index in [2.05, 4.69) is 6.07 Å². The summed E-state index contributed by atoms with van der Waals surface area (Å²) in [6.45, 7) is 6.35. The van der Waals surface area contributed by atoms with Crippen molar-refractivity contribution >= 4 is 17.6 Å². The van der Waals surface area contributed by atoms with E-state index in [0.29, 0.717) is 24.7 Å². The molecule has 1 fully saturated rings. The first-order chi connectivity index (χ1) is 11.5. The summed E-state index contributed by atoms with van der Waals surface area (Å²) < 4.78 is 16.1. The van der Waals surface area contributed by atoms with Gasteiger partial charge in [0.1, 0.15) is 0 Å². The van der Waals surface area contributed by atoms with Crippen LogP contribution in [-0.4, -0.2) is 39.5 Å². The van der Waals surface area contributed by atoms with E-state index < -0.39 is 0 Å². The van der Waals surface area contributed by atoms with E-state index in [4.69, 9.17) is 25.8 Å². The monoisotopic (exact) mass is 354 g/mol. The number of ether oxygens (including phenoxy) is 3. The minimum atomic E-state index is -0.177. The molecule has 1 aliphatic heterocycles. The van der Waals surface area contributed by atoms with Crippen LogP contribution >= 0.6 is 11.6 Å². The predicted molar refractivity (Wildman–Crippen MR) is 94.7 cm³/mol. The molecule has 5 heteroatoms. The fourth-order valence-corrected chi connectivity index (χ4v) is 3.59. The summed E-state index contributed by atoms with van der Waals surface area (Å²) >= 11 is 6.38. The minimum absolute atomic E-state index is 0.0564. The lowest BCUT2D eigenvalue weighted by Crippen LogP contribution is -2.38. The lowest BCUT2D eigenvalue weighted by molar-refractivity contribution is -0.143. The van der Waals surface area contributed by atoms with Crippen LogP contribution in [0.5, 0.6) is 0 Å². The van der Waals surface area contributed by atoms with Gasteiger partial charge in [0.05, 0.1) is 19.6 Å². The summed E-state index contributed by atoms with van der Waals surface area (Å²) in [5, 5.41) is 0.695. The van der Waals surface area contributed by atoms with Gasteiger partial charge in [0, 0.05) is 30.8 Å². The maximum atomic E-state index is 11.8. The molecule has 134 valence electrons. The van der Waals surface area contributed by atoms with E-state index in [1.807, 2.05) is 26.0 Å². The quantitative estimate of drug-likeness (QED) is 0.692. The van der Waals surface area contributed by atoms with Crippen LogP contribution in [0.15, 0.2) is 18.2 Å². The number of esters is 1. The Morgan fingerprint density at radius 2 is 2.04 bits per heavy atom. The molecule has 1 saturated heterocycles. The molecule has 0 bridgehead atoms. The van der Waals surface area contributed by atoms with Crippen molar-refractivity contribution in [1.82, 2.24) is 0 Å². The van der Waals surface area contributed by atoms with Crippen LogP contribution in [0.2, 0.25) is 5.02 Å². The van der Waals surface area contributed by atoms with Gasteiger partial charge in [-0.2, -0.15) is 0 Å². The Bertz CT molecular complexity index is 547. The maximum absolute atomic E-state index is 11.8. The molecule has 0 N–H and O–H groups in total. The first-order valence-electron chi connectivity index (χ1n) is 8.54. The summed E-state index contributed by atoms with van der Waals surface area (Å²) in [5.74, 6) is -0.120. The lowest BCUT2D eigenvalue weighted by atomic mass is 9.74. The number of carbonyl (C=O) groups excluding carboxylic acids is 1. The first-order valence-corrected chi connectivity index (χ1v) is 8.92. The topological polar surface area (TPSA) is 44.8 Å². The molecule has 1 aliphatic rings. The van der Waals surface area contributed by atoms with Crippen LogP contribution in [0, 0.1) is 0 Å². The molecular formula is C19H27ClO4. The Labute approximate surface area is 149 Å². The van der Waals surface area contributed by atoms with Crippen LogP contribution in [0.1, 0.15) is 50.2 Å². The van der Waals surface area contributed by atoms with Gasteiger partial charge in [-0.3, -0.25) is 4.79 Å². The van der Waals surface area contributed by atoms with Crippen molar-refractivity contribution in [3.63, 3.8) is 0 Å². The number of halogens is 1. The summed E-state index contributed by atoms with van der Waals surface area (Å²) in [6, 6.07) is 6.13. The second-order valence-electron chi connectivity index (χ2n) is 6.51. The van der Waals surface area contributed by atoms with Crippen molar-refractivity contribution in [3.8, 4) is 0 Å². The lowest BCUT2D eigenvalue weighted by Gasteiger charge is -2.37. The van der Waals surface area contributed by atoms with E-state index in [0.717, 1.165) is 31.6 Å². The molecule has 1 atom stereocenters. The van der Waals surface area contributed by atoms with Gasteiger partial charge >= 0.3 is 5.97 Å². The Morgan fingerprint density at radius 1 is 1.33 bits per heavy atom. The highest BCUT2D eigenvalue weighted by Crippen LogP contribution is 2.38. The predicted octanol–water partition coefficient (Wildman–Crippen LogP) is 4.09. The average molecular weight is 355 g/mol. The molecule has 2 rings (SSSR count). The van der Waals surface area contributed by atoms with E-state index in [1.165, 1.54) is 5.56 Å². The molecule has 1 aromatic carbocycles. The first kappa shape index (κ1) is 19.2. The normalized spacial score (nSPS) is 18.2. The zero-order valence-corrected chi connectivity index (χ0v) is 15.5. The van der Waals surface area contributed by atoms with Gasteiger partial charge in [-0.05, 0) is 48.9 Å². The average Bonchev–Trinajstić information content (AvgIpc) is 2.55. The SMILES string of the molecule is CCOC(=O)CC(C)c1cc(Cl)cc(C2(COC)CCOCC2)c1. The van der Waals surface area contributed by atoms with Crippen molar-refractivity contribution in [2.75, 3.05) is 33.5 Å². The van der Waals surface area contributed by atoms with Gasteiger partial charge in [0.15, 0.2) is 0 Å². The molecule has 0 amide bonds. The standard InChI is InChI=1S/C19H27ClO4/c1-4-24-18(21)9-14(2)15-10-16(12-17(20)11-15)19(13-22-3)5-7-23-8-6-19/h10-12,14H,4-9,13H2,1-3H3. The third-order valence-corrected chi connectivity index (χ3v) is 4.97.